The Bertz CT molecular complexity index is 2150. The minimum atomic E-state index is -4.55. The van der Waals surface area contributed by atoms with E-state index in [1.54, 1.807) is 74.5 Å². The minimum absolute atomic E-state index is 0.0225. The molecule has 0 aliphatic carbocycles. The summed E-state index contributed by atoms with van der Waals surface area (Å²) in [6, 6.07) is 20.0. The summed E-state index contributed by atoms with van der Waals surface area (Å²) in [4.78, 5) is 64.9. The Balaban J connectivity index is 1.45. The maximum absolute atomic E-state index is 15.0. The lowest BCUT2D eigenvalue weighted by atomic mass is 9.69. The van der Waals surface area contributed by atoms with Crippen LogP contribution in [0.4, 0.5) is 35.0 Å². The largest absolute Gasteiger partial charge is 0.446 e. The van der Waals surface area contributed by atoms with Gasteiger partial charge >= 0.3 is 11.5 Å². The van der Waals surface area contributed by atoms with Gasteiger partial charge in [-0.15, -0.1) is 0 Å². The predicted molar refractivity (Wildman–Crippen MR) is 201 cm³/mol. The van der Waals surface area contributed by atoms with Crippen molar-refractivity contribution in [2.75, 3.05) is 15.5 Å². The fourth-order valence-corrected chi connectivity index (χ4v) is 7.47. The third-order valence-electron chi connectivity index (χ3n) is 9.14. The van der Waals surface area contributed by atoms with Crippen molar-refractivity contribution < 1.29 is 32.3 Å². The number of halogens is 5. The molecule has 276 valence electrons. The molecular formula is C38H29Cl2F3N6O4S. The van der Waals surface area contributed by atoms with Crippen molar-refractivity contribution in [3.05, 3.63) is 142 Å². The van der Waals surface area contributed by atoms with Crippen molar-refractivity contribution in [2.45, 2.75) is 41.6 Å². The zero-order valence-corrected chi connectivity index (χ0v) is 30.6. The zero-order valence-electron chi connectivity index (χ0n) is 28.3. The van der Waals surface area contributed by atoms with E-state index in [2.05, 4.69) is 25.9 Å². The number of amides is 5. The summed E-state index contributed by atoms with van der Waals surface area (Å²) in [7, 11) is 0. The molecule has 0 saturated carbocycles. The Morgan fingerprint density at radius 3 is 1.67 bits per heavy atom. The summed E-state index contributed by atoms with van der Waals surface area (Å²) in [5.41, 5.74) is -4.75. The summed E-state index contributed by atoms with van der Waals surface area (Å²) in [6.45, 7) is 3.37. The van der Waals surface area contributed by atoms with Crippen LogP contribution in [0.5, 0.6) is 0 Å². The summed E-state index contributed by atoms with van der Waals surface area (Å²) in [6.07, 6.45) is 5.73. The number of nitrogens with one attached hydrogen (secondary N) is 3. The smallest absolute Gasteiger partial charge is 0.322 e. The van der Waals surface area contributed by atoms with Gasteiger partial charge in [-0.1, -0.05) is 61.3 Å². The van der Waals surface area contributed by atoms with Crippen LogP contribution in [0.2, 0.25) is 10.0 Å². The molecule has 2 aromatic heterocycles. The van der Waals surface area contributed by atoms with Gasteiger partial charge in [0.2, 0.25) is 0 Å². The van der Waals surface area contributed by atoms with Gasteiger partial charge in [0.05, 0.1) is 50.6 Å². The van der Waals surface area contributed by atoms with E-state index >= 15 is 0 Å². The van der Waals surface area contributed by atoms with Crippen molar-refractivity contribution in [1.82, 2.24) is 15.3 Å². The number of anilines is 3. The number of hydrogen-bond donors (Lipinski definition) is 3. The van der Waals surface area contributed by atoms with Crippen molar-refractivity contribution >= 4 is 75.8 Å². The average Bonchev–Trinajstić information content (AvgIpc) is 3.41. The van der Waals surface area contributed by atoms with Gasteiger partial charge in [0.15, 0.2) is 0 Å². The number of carbonyl (C=O) groups is 4. The average molecular weight is 794 g/mol. The highest BCUT2D eigenvalue weighted by Gasteiger charge is 2.59. The Morgan fingerprint density at radius 2 is 1.22 bits per heavy atom. The molecule has 2 unspecified atom stereocenters. The maximum Gasteiger partial charge on any atom is 0.446 e. The molecule has 6 rings (SSSR count). The number of hydrogen-bond acceptors (Lipinski definition) is 7. The number of imide groups is 1. The lowest BCUT2D eigenvalue weighted by Gasteiger charge is -2.39. The van der Waals surface area contributed by atoms with E-state index in [1.807, 2.05) is 0 Å². The molecule has 10 nitrogen and oxygen atoms in total. The maximum atomic E-state index is 15.0. The standard InChI is InChI=1S/C38H29Cl2F3N6O4S/c1-21(25-15-17-44-19-31(25)46-33(50)27-7-3-5-9-29(27)39)37(35(52)49(36(53)48-37)23-11-13-24(14-12-23)54-38(41,42)43)22(2)26-16-18-45-20-32(26)47-34(51)28-8-4-6-10-30(28)40/h3-22H,1-2H3,(H,46,50)(H,47,51)(H,48,53). The van der Waals surface area contributed by atoms with Crippen molar-refractivity contribution in [1.29, 1.82) is 0 Å². The van der Waals surface area contributed by atoms with Gasteiger partial charge in [0, 0.05) is 29.1 Å². The van der Waals surface area contributed by atoms with Crippen LogP contribution in [-0.4, -0.2) is 44.8 Å². The number of urea groups is 1. The van der Waals surface area contributed by atoms with Crippen LogP contribution in [0, 0.1) is 0 Å². The third kappa shape index (κ3) is 7.63. The summed E-state index contributed by atoms with van der Waals surface area (Å²) < 4.78 is 39.3. The van der Waals surface area contributed by atoms with Gasteiger partial charge in [0.1, 0.15) is 5.54 Å². The number of thioether (sulfide) groups is 1. The van der Waals surface area contributed by atoms with E-state index in [-0.39, 0.29) is 54.9 Å². The molecule has 5 amide bonds. The molecule has 0 radical (unpaired) electrons. The molecule has 5 aromatic rings. The van der Waals surface area contributed by atoms with Gasteiger partial charge in [-0.3, -0.25) is 24.4 Å². The number of carbonyl (C=O) groups excluding carboxylic acids is 4. The van der Waals surface area contributed by atoms with E-state index in [4.69, 9.17) is 23.2 Å². The Hall–Kier alpha value is -5.44. The lowest BCUT2D eigenvalue weighted by Crippen LogP contribution is -2.55. The first-order valence-electron chi connectivity index (χ1n) is 16.2. The number of aromatic nitrogens is 2. The van der Waals surface area contributed by atoms with E-state index in [0.717, 1.165) is 17.0 Å². The first-order chi connectivity index (χ1) is 25.7. The Kier molecular flexibility index (Phi) is 11.0. The first kappa shape index (κ1) is 38.3. The topological polar surface area (TPSA) is 133 Å². The molecule has 1 aliphatic rings. The highest BCUT2D eigenvalue weighted by atomic mass is 35.5. The molecule has 16 heteroatoms. The molecule has 1 saturated heterocycles. The second-order valence-corrected chi connectivity index (χ2v) is 14.2. The molecule has 0 bridgehead atoms. The van der Waals surface area contributed by atoms with Crippen LogP contribution in [0.1, 0.15) is 57.5 Å². The SMILES string of the molecule is CC(c1ccncc1NC(=O)c1ccccc1Cl)C1(C(C)c2ccncc2NC(=O)c2ccccc2Cl)NC(=O)N(c2ccc(SC(F)(F)F)cc2)C1=O. The van der Waals surface area contributed by atoms with E-state index in [0.29, 0.717) is 11.1 Å². The minimum Gasteiger partial charge on any atom is -0.322 e. The first-order valence-corrected chi connectivity index (χ1v) is 17.8. The Morgan fingerprint density at radius 1 is 0.759 bits per heavy atom. The second-order valence-electron chi connectivity index (χ2n) is 12.2. The van der Waals surface area contributed by atoms with E-state index in [1.165, 1.54) is 36.9 Å². The molecule has 2 atom stereocenters. The molecule has 3 aromatic carbocycles. The number of alkyl halides is 3. The summed E-state index contributed by atoms with van der Waals surface area (Å²) in [5, 5.41) is 8.96. The van der Waals surface area contributed by atoms with Crippen LogP contribution in [0.25, 0.3) is 0 Å². The van der Waals surface area contributed by atoms with Crippen molar-refractivity contribution in [2.24, 2.45) is 0 Å². The van der Waals surface area contributed by atoms with Crippen LogP contribution in [0.15, 0.2) is 115 Å². The van der Waals surface area contributed by atoms with Crippen molar-refractivity contribution in [3.8, 4) is 0 Å². The van der Waals surface area contributed by atoms with Gasteiger partial charge in [-0.05, 0) is 83.6 Å². The monoisotopic (exact) mass is 792 g/mol. The molecule has 1 aliphatic heterocycles. The van der Waals surface area contributed by atoms with Gasteiger partial charge in [-0.25, -0.2) is 9.69 Å². The Labute approximate surface area is 321 Å². The summed E-state index contributed by atoms with van der Waals surface area (Å²) in [5.74, 6) is -3.71. The predicted octanol–water partition coefficient (Wildman–Crippen LogP) is 9.30. The highest BCUT2D eigenvalue weighted by Crippen LogP contribution is 2.48. The fourth-order valence-electron chi connectivity index (χ4n) is 6.49. The van der Waals surface area contributed by atoms with Gasteiger partial charge in [0.25, 0.3) is 17.7 Å². The molecule has 3 N–H and O–H groups in total. The van der Waals surface area contributed by atoms with Crippen LogP contribution in [-0.2, 0) is 4.79 Å². The molecule has 3 heterocycles. The second kappa shape index (κ2) is 15.5. The number of benzene rings is 3. The van der Waals surface area contributed by atoms with Gasteiger partial charge < -0.3 is 16.0 Å². The van der Waals surface area contributed by atoms with Crippen LogP contribution >= 0.6 is 35.0 Å². The summed E-state index contributed by atoms with van der Waals surface area (Å²) >= 11 is 12.3. The lowest BCUT2D eigenvalue weighted by molar-refractivity contribution is -0.123. The molecule has 1 fully saturated rings. The normalized spacial score (nSPS) is 16.8. The van der Waals surface area contributed by atoms with E-state index in [9.17, 15) is 32.3 Å². The number of pyridine rings is 2. The van der Waals surface area contributed by atoms with E-state index < -0.39 is 46.6 Å². The van der Waals surface area contributed by atoms with Crippen LogP contribution in [0.3, 0.4) is 0 Å². The molecule has 0 spiro atoms. The van der Waals surface area contributed by atoms with Crippen molar-refractivity contribution in [3.63, 3.8) is 0 Å². The molecular weight excluding hydrogens is 764 g/mol. The number of nitrogens with zero attached hydrogens (tertiary/aromatic N) is 3. The number of rotatable bonds is 10. The van der Waals surface area contributed by atoms with Crippen LogP contribution < -0.4 is 20.9 Å². The zero-order chi connectivity index (χ0) is 38.8. The fraction of sp³-hybridized carbons (Fsp3) is 0.158. The highest BCUT2D eigenvalue weighted by molar-refractivity contribution is 8.00. The quantitative estimate of drug-likeness (QED) is 0.0949. The van der Waals surface area contributed by atoms with Gasteiger partial charge in [-0.2, -0.15) is 13.2 Å². The molecule has 54 heavy (non-hydrogen) atoms. The third-order valence-corrected chi connectivity index (χ3v) is 10.5.